The lowest BCUT2D eigenvalue weighted by Gasteiger charge is -2.22. The van der Waals surface area contributed by atoms with Gasteiger partial charge >= 0.3 is 5.97 Å². The number of nitrogens with zero attached hydrogens (tertiary/aromatic N) is 1. The molecule has 8 heteroatoms. The largest absolute Gasteiger partial charge is 0.465 e. The van der Waals surface area contributed by atoms with Crippen LogP contribution >= 0.6 is 12.4 Å². The van der Waals surface area contributed by atoms with Gasteiger partial charge in [0.25, 0.3) is 0 Å². The average molecular weight is 335 g/mol. The standard InChI is InChI=1S/C13H18N2O4S.ClH/c1-19-13(16)10-4-2-6-12(8-10)20(17,18)15-7-3-5-11(15)9-14;/h2,4,6,8,11H,3,5,7,9,14H2,1H3;1H. The number of hydrogen-bond donors (Lipinski definition) is 1. The van der Waals surface area contributed by atoms with Gasteiger partial charge in [-0.3, -0.25) is 0 Å². The molecule has 0 aromatic heterocycles. The lowest BCUT2D eigenvalue weighted by molar-refractivity contribution is 0.0600. The molecule has 0 saturated carbocycles. The minimum atomic E-state index is -3.62. The Kier molecular flexibility index (Phi) is 6.15. The zero-order chi connectivity index (χ0) is 14.8. The number of rotatable bonds is 4. The number of hydrogen-bond acceptors (Lipinski definition) is 5. The molecule has 0 aliphatic carbocycles. The summed E-state index contributed by atoms with van der Waals surface area (Å²) >= 11 is 0. The van der Waals surface area contributed by atoms with Crippen molar-refractivity contribution in [3.63, 3.8) is 0 Å². The van der Waals surface area contributed by atoms with E-state index >= 15 is 0 Å². The first-order chi connectivity index (χ1) is 9.50. The third kappa shape index (κ3) is 3.55. The number of benzene rings is 1. The van der Waals surface area contributed by atoms with Gasteiger partial charge in [0.05, 0.1) is 17.6 Å². The summed E-state index contributed by atoms with van der Waals surface area (Å²) in [7, 11) is -2.36. The molecule has 0 bridgehead atoms. The van der Waals surface area contributed by atoms with Gasteiger partial charge in [0.2, 0.25) is 10.0 Å². The lowest BCUT2D eigenvalue weighted by Crippen LogP contribution is -2.39. The van der Waals surface area contributed by atoms with Gasteiger partial charge in [0, 0.05) is 19.1 Å². The van der Waals surface area contributed by atoms with Gasteiger partial charge in [0.1, 0.15) is 0 Å². The minimum absolute atomic E-state index is 0. The van der Waals surface area contributed by atoms with E-state index < -0.39 is 16.0 Å². The van der Waals surface area contributed by atoms with Crippen LogP contribution in [-0.4, -0.2) is 44.9 Å². The van der Waals surface area contributed by atoms with Crippen molar-refractivity contribution in [1.82, 2.24) is 4.31 Å². The Balaban J connectivity index is 0.00000220. The maximum atomic E-state index is 12.6. The number of methoxy groups -OCH3 is 1. The predicted octanol–water partition coefficient (Wildman–Crippen LogP) is 1.01. The molecule has 0 amide bonds. The summed E-state index contributed by atoms with van der Waals surface area (Å²) < 4.78 is 31.2. The number of nitrogens with two attached hydrogens (primary N) is 1. The van der Waals surface area contributed by atoms with Crippen molar-refractivity contribution in [1.29, 1.82) is 0 Å². The van der Waals surface area contributed by atoms with Crippen LogP contribution in [0.15, 0.2) is 29.2 Å². The van der Waals surface area contributed by atoms with E-state index in [1.54, 1.807) is 0 Å². The maximum absolute atomic E-state index is 12.6. The van der Waals surface area contributed by atoms with Crippen molar-refractivity contribution in [2.24, 2.45) is 5.73 Å². The van der Waals surface area contributed by atoms with Gasteiger partial charge in [-0.25, -0.2) is 13.2 Å². The van der Waals surface area contributed by atoms with Gasteiger partial charge < -0.3 is 10.5 Å². The van der Waals surface area contributed by atoms with E-state index in [4.69, 9.17) is 5.73 Å². The van der Waals surface area contributed by atoms with Crippen LogP contribution in [0, 0.1) is 0 Å². The summed E-state index contributed by atoms with van der Waals surface area (Å²) in [5.74, 6) is -0.557. The minimum Gasteiger partial charge on any atom is -0.465 e. The molecular weight excluding hydrogens is 316 g/mol. The van der Waals surface area contributed by atoms with Crippen LogP contribution in [0.3, 0.4) is 0 Å². The Morgan fingerprint density at radius 2 is 2.19 bits per heavy atom. The Labute approximate surface area is 130 Å². The maximum Gasteiger partial charge on any atom is 0.337 e. The summed E-state index contributed by atoms with van der Waals surface area (Å²) in [5.41, 5.74) is 5.84. The molecule has 0 radical (unpaired) electrons. The number of esters is 1. The fourth-order valence-electron chi connectivity index (χ4n) is 2.40. The molecule has 1 heterocycles. The summed E-state index contributed by atoms with van der Waals surface area (Å²) in [6.07, 6.45) is 1.57. The molecule has 1 aromatic carbocycles. The second-order valence-corrected chi connectivity index (χ2v) is 6.56. The molecule has 1 aliphatic rings. The lowest BCUT2D eigenvalue weighted by atomic mass is 10.2. The van der Waals surface area contributed by atoms with Crippen molar-refractivity contribution in [2.45, 2.75) is 23.8 Å². The number of carbonyl (C=O) groups is 1. The summed E-state index contributed by atoms with van der Waals surface area (Å²) in [6, 6.07) is 5.71. The molecule has 2 rings (SSSR count). The van der Waals surface area contributed by atoms with Crippen molar-refractivity contribution < 1.29 is 17.9 Å². The summed E-state index contributed by atoms with van der Waals surface area (Å²) in [6.45, 7) is 0.766. The van der Waals surface area contributed by atoms with E-state index in [0.29, 0.717) is 13.1 Å². The van der Waals surface area contributed by atoms with Crippen molar-refractivity contribution >= 4 is 28.4 Å². The Bertz CT molecular complexity index is 606. The molecule has 1 unspecified atom stereocenters. The van der Waals surface area contributed by atoms with Crippen LogP contribution in [0.1, 0.15) is 23.2 Å². The Morgan fingerprint density at radius 1 is 1.48 bits per heavy atom. The smallest absolute Gasteiger partial charge is 0.337 e. The zero-order valence-electron chi connectivity index (χ0n) is 11.7. The van der Waals surface area contributed by atoms with Crippen molar-refractivity contribution in [3.05, 3.63) is 29.8 Å². The molecule has 1 saturated heterocycles. The van der Waals surface area contributed by atoms with Gasteiger partial charge in [-0.15, -0.1) is 12.4 Å². The highest BCUT2D eigenvalue weighted by molar-refractivity contribution is 7.89. The quantitative estimate of drug-likeness (QED) is 0.830. The predicted molar refractivity (Wildman–Crippen MR) is 81.0 cm³/mol. The fourth-order valence-corrected chi connectivity index (χ4v) is 4.15. The van der Waals surface area contributed by atoms with Gasteiger partial charge in [-0.2, -0.15) is 4.31 Å². The van der Waals surface area contributed by atoms with Gasteiger partial charge in [-0.05, 0) is 31.0 Å². The molecule has 2 N–H and O–H groups in total. The van der Waals surface area contributed by atoms with Gasteiger partial charge in [0.15, 0.2) is 0 Å². The second-order valence-electron chi connectivity index (χ2n) is 4.67. The number of sulfonamides is 1. The van der Waals surface area contributed by atoms with Crippen LogP contribution in [0.2, 0.25) is 0 Å². The number of ether oxygens (including phenoxy) is 1. The second kappa shape index (κ2) is 7.22. The third-order valence-electron chi connectivity index (χ3n) is 3.46. The van der Waals surface area contributed by atoms with E-state index in [1.165, 1.54) is 35.7 Å². The first-order valence-corrected chi connectivity index (χ1v) is 7.85. The van der Waals surface area contributed by atoms with Gasteiger partial charge in [-0.1, -0.05) is 6.07 Å². The molecule has 1 fully saturated rings. The van der Waals surface area contributed by atoms with E-state index in [0.717, 1.165) is 12.8 Å². The van der Waals surface area contributed by atoms with E-state index in [2.05, 4.69) is 4.74 Å². The van der Waals surface area contributed by atoms with Crippen LogP contribution in [0.5, 0.6) is 0 Å². The highest BCUT2D eigenvalue weighted by atomic mass is 35.5. The first-order valence-electron chi connectivity index (χ1n) is 6.41. The molecular formula is C13H19ClN2O4S. The van der Waals surface area contributed by atoms with E-state index in [1.807, 2.05) is 0 Å². The number of carbonyl (C=O) groups excluding carboxylic acids is 1. The molecule has 0 spiro atoms. The SMILES string of the molecule is COC(=O)c1cccc(S(=O)(=O)N2CCCC2CN)c1.Cl. The van der Waals surface area contributed by atoms with E-state index in [-0.39, 0.29) is 28.9 Å². The van der Waals surface area contributed by atoms with Crippen LogP contribution in [-0.2, 0) is 14.8 Å². The number of halogens is 1. The summed E-state index contributed by atoms with van der Waals surface area (Å²) in [4.78, 5) is 11.6. The van der Waals surface area contributed by atoms with Crippen molar-refractivity contribution in [3.8, 4) is 0 Å². The average Bonchev–Trinajstić information content (AvgIpc) is 2.95. The molecule has 118 valence electrons. The molecule has 6 nitrogen and oxygen atoms in total. The zero-order valence-corrected chi connectivity index (χ0v) is 13.3. The summed E-state index contributed by atoms with van der Waals surface area (Å²) in [5, 5.41) is 0. The fraction of sp³-hybridized carbons (Fsp3) is 0.462. The molecule has 21 heavy (non-hydrogen) atoms. The third-order valence-corrected chi connectivity index (χ3v) is 5.40. The monoisotopic (exact) mass is 334 g/mol. The molecule has 1 aliphatic heterocycles. The first kappa shape index (κ1) is 17.9. The molecule has 1 atom stereocenters. The van der Waals surface area contributed by atoms with Crippen molar-refractivity contribution in [2.75, 3.05) is 20.2 Å². The van der Waals surface area contributed by atoms with E-state index in [9.17, 15) is 13.2 Å². The highest BCUT2D eigenvalue weighted by Crippen LogP contribution is 2.26. The van der Waals surface area contributed by atoms with Crippen LogP contribution in [0.25, 0.3) is 0 Å². The normalized spacial score (nSPS) is 19.0. The topological polar surface area (TPSA) is 89.7 Å². The highest BCUT2D eigenvalue weighted by Gasteiger charge is 2.34. The Morgan fingerprint density at radius 3 is 2.81 bits per heavy atom. The van der Waals surface area contributed by atoms with Crippen LogP contribution < -0.4 is 5.73 Å². The molecule has 1 aromatic rings. The Hall–Kier alpha value is -1.15. The van der Waals surface area contributed by atoms with Crippen LogP contribution in [0.4, 0.5) is 0 Å².